The van der Waals surface area contributed by atoms with Crippen molar-refractivity contribution in [1.82, 2.24) is 10.6 Å². The van der Waals surface area contributed by atoms with Crippen LogP contribution in [0.25, 0.3) is 11.1 Å². The van der Waals surface area contributed by atoms with Crippen LogP contribution in [0.1, 0.15) is 62.0 Å². The Morgan fingerprint density at radius 3 is 2.14 bits per heavy atom. The molecular weight excluding hydrogens is 444 g/mol. The molecule has 5 rings (SSSR count). The smallest absolute Gasteiger partial charge is 0.407 e. The molecule has 2 fully saturated rings. The maximum absolute atomic E-state index is 12.7. The zero-order chi connectivity index (χ0) is 24.4. The first-order valence-corrected chi connectivity index (χ1v) is 12.6. The minimum atomic E-state index is -0.844. The number of hydrogen-bond acceptors (Lipinski definition) is 4. The molecule has 7 heteroatoms. The molecule has 35 heavy (non-hydrogen) atoms. The summed E-state index contributed by atoms with van der Waals surface area (Å²) < 4.78 is 5.69. The highest BCUT2D eigenvalue weighted by atomic mass is 16.5. The number of aliphatic carboxylic acids is 1. The van der Waals surface area contributed by atoms with Crippen molar-refractivity contribution in [3.05, 3.63) is 59.7 Å². The quantitative estimate of drug-likeness (QED) is 0.548. The number of carboxylic acid groups (broad SMARTS) is 1. The number of alkyl carbamates (subject to hydrolysis) is 1. The van der Waals surface area contributed by atoms with Gasteiger partial charge in [-0.1, -0.05) is 61.4 Å². The molecule has 3 aliphatic rings. The fourth-order valence-corrected chi connectivity index (χ4v) is 6.19. The number of amides is 2. The van der Waals surface area contributed by atoms with Crippen molar-refractivity contribution in [2.45, 2.75) is 62.9 Å². The van der Waals surface area contributed by atoms with E-state index in [0.29, 0.717) is 12.8 Å². The average molecular weight is 477 g/mol. The van der Waals surface area contributed by atoms with Crippen molar-refractivity contribution in [3.63, 3.8) is 0 Å². The van der Waals surface area contributed by atoms with E-state index in [9.17, 15) is 19.5 Å². The Morgan fingerprint density at radius 1 is 0.829 bits per heavy atom. The van der Waals surface area contributed by atoms with Gasteiger partial charge >= 0.3 is 12.1 Å². The lowest BCUT2D eigenvalue weighted by atomic mass is 9.98. The van der Waals surface area contributed by atoms with E-state index in [4.69, 9.17) is 4.74 Å². The Kier molecular flexibility index (Phi) is 6.75. The van der Waals surface area contributed by atoms with Crippen molar-refractivity contribution in [2.75, 3.05) is 6.61 Å². The molecule has 0 heterocycles. The van der Waals surface area contributed by atoms with Crippen molar-refractivity contribution < 1.29 is 24.2 Å². The molecule has 2 amide bonds. The fourth-order valence-electron chi connectivity index (χ4n) is 6.19. The highest BCUT2D eigenvalue weighted by Crippen LogP contribution is 2.44. The summed E-state index contributed by atoms with van der Waals surface area (Å²) in [7, 11) is 0. The lowest BCUT2D eigenvalue weighted by molar-refractivity contribution is -0.142. The van der Waals surface area contributed by atoms with E-state index < -0.39 is 18.0 Å². The monoisotopic (exact) mass is 476 g/mol. The largest absolute Gasteiger partial charge is 0.481 e. The van der Waals surface area contributed by atoms with E-state index in [1.165, 1.54) is 22.3 Å². The van der Waals surface area contributed by atoms with Crippen molar-refractivity contribution in [2.24, 2.45) is 11.8 Å². The zero-order valence-corrected chi connectivity index (χ0v) is 19.7. The molecule has 2 aromatic rings. The van der Waals surface area contributed by atoms with Gasteiger partial charge in [0.1, 0.15) is 6.61 Å². The number of nitrogens with one attached hydrogen (secondary N) is 2. The molecule has 0 radical (unpaired) electrons. The minimum Gasteiger partial charge on any atom is -0.481 e. The van der Waals surface area contributed by atoms with Gasteiger partial charge in [0.2, 0.25) is 5.91 Å². The Balaban J connectivity index is 1.15. The van der Waals surface area contributed by atoms with Crippen LogP contribution in [-0.2, 0) is 14.3 Å². The predicted molar refractivity (Wildman–Crippen MR) is 131 cm³/mol. The topological polar surface area (TPSA) is 105 Å². The second-order valence-electron chi connectivity index (χ2n) is 10.0. The second-order valence-corrected chi connectivity index (χ2v) is 10.0. The summed E-state index contributed by atoms with van der Waals surface area (Å²) >= 11 is 0. The average Bonchev–Trinajstić information content (AvgIpc) is 3.56. The van der Waals surface area contributed by atoms with Crippen LogP contribution in [0.4, 0.5) is 4.79 Å². The van der Waals surface area contributed by atoms with Crippen molar-refractivity contribution in [1.29, 1.82) is 0 Å². The van der Waals surface area contributed by atoms with E-state index in [1.807, 2.05) is 24.3 Å². The molecular formula is C28H32N2O5. The second kappa shape index (κ2) is 10.1. The van der Waals surface area contributed by atoms with Gasteiger partial charge in [-0.25, -0.2) is 4.79 Å². The van der Waals surface area contributed by atoms with Gasteiger partial charge in [0.25, 0.3) is 0 Å². The molecule has 0 saturated heterocycles. The van der Waals surface area contributed by atoms with Gasteiger partial charge in [-0.15, -0.1) is 0 Å². The highest BCUT2D eigenvalue weighted by molar-refractivity contribution is 5.80. The standard InChI is InChI=1S/C28H32N2O5/c31-26(29-25-14-6-12-22(25)27(32)33)15-17-7-5-13-24(17)30-28(34)35-16-23-20-10-3-1-8-18(20)19-9-2-4-11-21(19)23/h1-4,8-11,17,22-25H,5-7,12-16H2,(H,29,31)(H,30,34)(H,32,33)/t17-,22?,24+,25?/m0/s1. The zero-order valence-electron chi connectivity index (χ0n) is 19.7. The van der Waals surface area contributed by atoms with E-state index in [2.05, 4.69) is 34.9 Å². The first-order chi connectivity index (χ1) is 17.0. The Hall–Kier alpha value is -3.35. The van der Waals surface area contributed by atoms with Crippen LogP contribution in [0.2, 0.25) is 0 Å². The van der Waals surface area contributed by atoms with Gasteiger partial charge in [-0.3, -0.25) is 9.59 Å². The molecule has 184 valence electrons. The normalized spacial score (nSPS) is 25.0. The number of rotatable bonds is 7. The first-order valence-electron chi connectivity index (χ1n) is 12.6. The molecule has 2 aromatic carbocycles. The molecule has 0 spiro atoms. The van der Waals surface area contributed by atoms with Gasteiger partial charge in [-0.2, -0.15) is 0 Å². The van der Waals surface area contributed by atoms with E-state index in [1.54, 1.807) is 0 Å². The summed E-state index contributed by atoms with van der Waals surface area (Å²) in [5.41, 5.74) is 4.71. The first kappa shape index (κ1) is 23.4. The molecule has 3 N–H and O–H groups in total. The number of fused-ring (bicyclic) bond motifs is 3. The fraction of sp³-hybridized carbons (Fsp3) is 0.464. The van der Waals surface area contributed by atoms with Crippen LogP contribution in [0.3, 0.4) is 0 Å². The SMILES string of the molecule is O=C(C[C@@H]1CCC[C@H]1NC(=O)OCC1c2ccccc2-c2ccccc21)NC1CCCC1C(=O)O. The molecule has 0 aliphatic heterocycles. The van der Waals surface area contributed by atoms with Gasteiger partial charge in [0.05, 0.1) is 5.92 Å². The molecule has 0 bridgehead atoms. The third-order valence-corrected chi connectivity index (χ3v) is 7.93. The summed E-state index contributed by atoms with van der Waals surface area (Å²) in [5.74, 6) is -1.44. The molecule has 3 aliphatic carbocycles. The molecule has 7 nitrogen and oxygen atoms in total. The summed E-state index contributed by atoms with van der Waals surface area (Å²) in [6, 6.07) is 16.0. The van der Waals surface area contributed by atoms with Gasteiger partial charge < -0.3 is 20.5 Å². The van der Waals surface area contributed by atoms with Crippen molar-refractivity contribution >= 4 is 18.0 Å². The maximum atomic E-state index is 12.7. The Labute approximate surface area is 205 Å². The van der Waals surface area contributed by atoms with Gasteiger partial charge in [0, 0.05) is 24.4 Å². The number of ether oxygens (including phenoxy) is 1. The molecule has 2 saturated carbocycles. The Bertz CT molecular complexity index is 1070. The number of benzene rings is 2. The summed E-state index contributed by atoms with van der Waals surface area (Å²) in [4.78, 5) is 36.7. The summed E-state index contributed by atoms with van der Waals surface area (Å²) in [6.07, 6.45) is 4.57. The number of hydrogen-bond donors (Lipinski definition) is 3. The molecule has 0 aromatic heterocycles. The maximum Gasteiger partial charge on any atom is 0.407 e. The van der Waals surface area contributed by atoms with Crippen LogP contribution < -0.4 is 10.6 Å². The van der Waals surface area contributed by atoms with E-state index >= 15 is 0 Å². The highest BCUT2D eigenvalue weighted by Gasteiger charge is 2.36. The number of carbonyl (C=O) groups is 3. The molecule has 2 unspecified atom stereocenters. The lowest BCUT2D eigenvalue weighted by Crippen LogP contribution is -2.43. The summed E-state index contributed by atoms with van der Waals surface area (Å²) in [6.45, 7) is 0.260. The third kappa shape index (κ3) is 4.90. The lowest BCUT2D eigenvalue weighted by Gasteiger charge is -2.23. The van der Waals surface area contributed by atoms with Crippen molar-refractivity contribution in [3.8, 4) is 11.1 Å². The van der Waals surface area contributed by atoms with Crippen LogP contribution in [0.5, 0.6) is 0 Å². The number of carboxylic acids is 1. The van der Waals surface area contributed by atoms with Crippen LogP contribution in [0.15, 0.2) is 48.5 Å². The van der Waals surface area contributed by atoms with Crippen LogP contribution >= 0.6 is 0 Å². The Morgan fingerprint density at radius 2 is 1.46 bits per heavy atom. The van der Waals surface area contributed by atoms with Crippen LogP contribution in [0, 0.1) is 11.8 Å². The minimum absolute atomic E-state index is 0.00638. The van der Waals surface area contributed by atoms with E-state index in [0.717, 1.165) is 25.7 Å². The van der Waals surface area contributed by atoms with Gasteiger partial charge in [-0.05, 0) is 53.9 Å². The van der Waals surface area contributed by atoms with Gasteiger partial charge in [0.15, 0.2) is 0 Å². The van der Waals surface area contributed by atoms with E-state index in [-0.39, 0.29) is 42.9 Å². The molecule has 4 atom stereocenters. The predicted octanol–water partition coefficient (Wildman–Crippen LogP) is 4.45. The summed E-state index contributed by atoms with van der Waals surface area (Å²) in [5, 5.41) is 15.3. The third-order valence-electron chi connectivity index (χ3n) is 7.93. The number of carbonyl (C=O) groups excluding carboxylic acids is 2. The van der Waals surface area contributed by atoms with Crippen LogP contribution in [-0.4, -0.2) is 41.8 Å².